The van der Waals surface area contributed by atoms with E-state index < -0.39 is 0 Å². The summed E-state index contributed by atoms with van der Waals surface area (Å²) in [5.41, 5.74) is 2.24. The Bertz CT molecular complexity index is 635. The molecule has 0 saturated carbocycles. The summed E-state index contributed by atoms with van der Waals surface area (Å²) < 4.78 is 5.08. The first-order chi connectivity index (χ1) is 10.3. The Balaban J connectivity index is 1.58. The summed E-state index contributed by atoms with van der Waals surface area (Å²) in [7, 11) is 1.58. The highest BCUT2D eigenvalue weighted by Gasteiger charge is 2.27. The number of amides is 1. The van der Waals surface area contributed by atoms with Gasteiger partial charge in [-0.1, -0.05) is 18.2 Å². The molecule has 4 nitrogen and oxygen atoms in total. The third-order valence-corrected chi connectivity index (χ3v) is 4.73. The minimum Gasteiger partial charge on any atom is -0.481 e. The normalized spacial score (nSPS) is 16.3. The van der Waals surface area contributed by atoms with Crippen molar-refractivity contribution in [1.82, 2.24) is 10.3 Å². The molecular weight excluding hydrogens is 284 g/mol. The highest BCUT2D eigenvalue weighted by atomic mass is 32.2. The lowest BCUT2D eigenvalue weighted by Crippen LogP contribution is -2.32. The van der Waals surface area contributed by atoms with Gasteiger partial charge in [-0.2, -0.15) is 0 Å². The number of carbonyl (C=O) groups is 1. The van der Waals surface area contributed by atoms with Gasteiger partial charge >= 0.3 is 0 Å². The molecule has 1 aliphatic heterocycles. The van der Waals surface area contributed by atoms with E-state index in [4.69, 9.17) is 4.74 Å². The molecule has 108 valence electrons. The van der Waals surface area contributed by atoms with E-state index in [-0.39, 0.29) is 11.2 Å². The second-order valence-electron chi connectivity index (χ2n) is 4.84. The molecular formula is C16H16N2O2S. The summed E-state index contributed by atoms with van der Waals surface area (Å²) in [6.45, 7) is 0.491. The maximum absolute atomic E-state index is 12.3. The topological polar surface area (TPSA) is 51.2 Å². The van der Waals surface area contributed by atoms with E-state index in [1.165, 1.54) is 10.5 Å². The fourth-order valence-corrected chi connectivity index (χ4v) is 3.52. The van der Waals surface area contributed by atoms with Crippen LogP contribution in [0.4, 0.5) is 0 Å². The number of hydrogen-bond acceptors (Lipinski definition) is 4. The molecule has 1 amide bonds. The summed E-state index contributed by atoms with van der Waals surface area (Å²) in [5, 5.41) is 2.95. The van der Waals surface area contributed by atoms with Crippen molar-refractivity contribution in [3.63, 3.8) is 0 Å². The second-order valence-corrected chi connectivity index (χ2v) is 6.09. The average molecular weight is 300 g/mol. The lowest BCUT2D eigenvalue weighted by atomic mass is 10.1. The van der Waals surface area contributed by atoms with Gasteiger partial charge in [0.1, 0.15) is 0 Å². The van der Waals surface area contributed by atoms with Crippen LogP contribution in [0.2, 0.25) is 0 Å². The molecule has 2 heterocycles. The van der Waals surface area contributed by atoms with E-state index in [2.05, 4.69) is 22.4 Å². The van der Waals surface area contributed by atoms with E-state index in [1.54, 1.807) is 25.1 Å². The van der Waals surface area contributed by atoms with Crippen molar-refractivity contribution < 1.29 is 9.53 Å². The van der Waals surface area contributed by atoms with Crippen molar-refractivity contribution in [3.8, 4) is 5.88 Å². The Labute approximate surface area is 127 Å². The molecule has 21 heavy (non-hydrogen) atoms. The first-order valence-electron chi connectivity index (χ1n) is 6.77. The Kier molecular flexibility index (Phi) is 4.10. The Morgan fingerprint density at radius 2 is 2.29 bits per heavy atom. The fraction of sp³-hybridized carbons (Fsp3) is 0.250. The number of rotatable bonds is 4. The maximum Gasteiger partial charge on any atom is 0.234 e. The number of fused-ring (bicyclic) bond motifs is 1. The summed E-state index contributed by atoms with van der Waals surface area (Å²) in [4.78, 5) is 17.5. The Morgan fingerprint density at radius 1 is 1.43 bits per heavy atom. The number of methoxy groups -OCH3 is 1. The molecule has 1 aromatic carbocycles. The Morgan fingerprint density at radius 3 is 3.10 bits per heavy atom. The van der Waals surface area contributed by atoms with Crippen molar-refractivity contribution >= 4 is 17.7 Å². The standard InChI is InChI=1S/C16H16N2O2S/c1-20-15-8-11(6-7-17-15)10-18-16(19)14-9-12-4-2-3-5-13(12)21-14/h2-8,14H,9-10H2,1H3,(H,18,19). The van der Waals surface area contributed by atoms with Gasteiger partial charge in [0.25, 0.3) is 0 Å². The van der Waals surface area contributed by atoms with Gasteiger partial charge in [-0.15, -0.1) is 11.8 Å². The molecule has 0 bridgehead atoms. The molecule has 0 fully saturated rings. The van der Waals surface area contributed by atoms with Crippen molar-refractivity contribution in [3.05, 3.63) is 53.7 Å². The number of carbonyl (C=O) groups excluding carboxylic acids is 1. The molecule has 1 aromatic heterocycles. The molecule has 2 aromatic rings. The van der Waals surface area contributed by atoms with Crippen LogP contribution < -0.4 is 10.1 Å². The van der Waals surface area contributed by atoms with Crippen LogP contribution in [0.5, 0.6) is 5.88 Å². The molecule has 0 radical (unpaired) electrons. The average Bonchev–Trinajstić information content (AvgIpc) is 2.97. The molecule has 1 unspecified atom stereocenters. The smallest absolute Gasteiger partial charge is 0.234 e. The third kappa shape index (κ3) is 3.19. The first-order valence-corrected chi connectivity index (χ1v) is 7.65. The van der Waals surface area contributed by atoms with Crippen LogP contribution in [-0.2, 0) is 17.8 Å². The van der Waals surface area contributed by atoms with Gasteiger partial charge in [0.05, 0.1) is 12.4 Å². The quantitative estimate of drug-likeness (QED) is 0.942. The van der Waals surface area contributed by atoms with Crippen LogP contribution in [0.25, 0.3) is 0 Å². The lowest BCUT2D eigenvalue weighted by Gasteiger charge is -2.10. The van der Waals surface area contributed by atoms with Crippen LogP contribution in [0.15, 0.2) is 47.5 Å². The van der Waals surface area contributed by atoms with Crippen LogP contribution in [-0.4, -0.2) is 23.3 Å². The molecule has 1 N–H and O–H groups in total. The first kappa shape index (κ1) is 13.9. The van der Waals surface area contributed by atoms with E-state index in [0.717, 1.165) is 12.0 Å². The largest absolute Gasteiger partial charge is 0.481 e. The number of aromatic nitrogens is 1. The number of benzene rings is 1. The molecule has 0 saturated heterocycles. The maximum atomic E-state index is 12.3. The zero-order valence-electron chi connectivity index (χ0n) is 11.7. The van der Waals surface area contributed by atoms with Crippen LogP contribution in [0.1, 0.15) is 11.1 Å². The van der Waals surface area contributed by atoms with E-state index >= 15 is 0 Å². The molecule has 1 atom stereocenters. The van der Waals surface area contributed by atoms with Crippen LogP contribution in [0.3, 0.4) is 0 Å². The number of thioether (sulfide) groups is 1. The van der Waals surface area contributed by atoms with Gasteiger partial charge in [0.15, 0.2) is 0 Å². The lowest BCUT2D eigenvalue weighted by molar-refractivity contribution is -0.120. The van der Waals surface area contributed by atoms with Gasteiger partial charge in [-0.05, 0) is 29.7 Å². The number of pyridine rings is 1. The van der Waals surface area contributed by atoms with Crippen LogP contribution in [0, 0.1) is 0 Å². The highest BCUT2D eigenvalue weighted by molar-refractivity contribution is 8.01. The minimum atomic E-state index is -0.0360. The van der Waals surface area contributed by atoms with Gasteiger partial charge < -0.3 is 10.1 Å². The Hall–Kier alpha value is -2.01. The predicted octanol–water partition coefficient (Wildman–Crippen LogP) is 2.42. The summed E-state index contributed by atoms with van der Waals surface area (Å²) >= 11 is 1.64. The summed E-state index contributed by atoms with van der Waals surface area (Å²) in [5.74, 6) is 0.636. The fourth-order valence-electron chi connectivity index (χ4n) is 2.30. The summed E-state index contributed by atoms with van der Waals surface area (Å²) in [6, 6.07) is 11.9. The van der Waals surface area contributed by atoms with Crippen molar-refractivity contribution in [1.29, 1.82) is 0 Å². The molecule has 5 heteroatoms. The van der Waals surface area contributed by atoms with E-state index in [1.807, 2.05) is 24.3 Å². The van der Waals surface area contributed by atoms with Gasteiger partial charge in [-0.3, -0.25) is 4.79 Å². The molecule has 3 rings (SSSR count). The zero-order valence-corrected chi connectivity index (χ0v) is 12.5. The summed E-state index contributed by atoms with van der Waals surface area (Å²) in [6.07, 6.45) is 2.48. The van der Waals surface area contributed by atoms with Crippen molar-refractivity contribution in [2.45, 2.75) is 23.1 Å². The molecule has 0 spiro atoms. The van der Waals surface area contributed by atoms with Crippen molar-refractivity contribution in [2.75, 3.05) is 7.11 Å². The van der Waals surface area contributed by atoms with Gasteiger partial charge in [-0.25, -0.2) is 4.98 Å². The van der Waals surface area contributed by atoms with E-state index in [9.17, 15) is 4.79 Å². The minimum absolute atomic E-state index is 0.0360. The van der Waals surface area contributed by atoms with Gasteiger partial charge in [0, 0.05) is 23.7 Å². The molecule has 0 aliphatic carbocycles. The molecule has 1 aliphatic rings. The number of ether oxygens (including phenoxy) is 1. The number of nitrogens with one attached hydrogen (secondary N) is 1. The van der Waals surface area contributed by atoms with Crippen molar-refractivity contribution in [2.24, 2.45) is 0 Å². The number of hydrogen-bond donors (Lipinski definition) is 1. The number of nitrogens with zero attached hydrogens (tertiary/aromatic N) is 1. The third-order valence-electron chi connectivity index (χ3n) is 3.41. The highest BCUT2D eigenvalue weighted by Crippen LogP contribution is 2.36. The second kappa shape index (κ2) is 6.18. The van der Waals surface area contributed by atoms with Gasteiger partial charge in [0.2, 0.25) is 11.8 Å². The predicted molar refractivity (Wildman–Crippen MR) is 82.4 cm³/mol. The van der Waals surface area contributed by atoms with Crippen LogP contribution >= 0.6 is 11.8 Å². The SMILES string of the molecule is COc1cc(CNC(=O)C2Cc3ccccc3S2)ccn1. The zero-order chi connectivity index (χ0) is 14.7. The monoisotopic (exact) mass is 300 g/mol. The van der Waals surface area contributed by atoms with E-state index in [0.29, 0.717) is 12.4 Å².